The van der Waals surface area contributed by atoms with Gasteiger partial charge in [0, 0.05) is 44.1 Å². The molecule has 0 unspecified atom stereocenters. The van der Waals surface area contributed by atoms with Gasteiger partial charge in [0.2, 0.25) is 11.8 Å². The molecule has 4 amide bonds. The number of aromatic amines is 1. The summed E-state index contributed by atoms with van der Waals surface area (Å²) in [7, 11) is 5.46. The van der Waals surface area contributed by atoms with Gasteiger partial charge in [0.1, 0.15) is 23.4 Å². The maximum absolute atomic E-state index is 13.8. The second-order valence-electron chi connectivity index (χ2n) is 15.5. The number of methoxy groups -OCH3 is 4. The molecule has 2 saturated heterocycles. The van der Waals surface area contributed by atoms with Crippen LogP contribution < -0.4 is 21.7 Å². The standard InChI is InChI=1S/C44H53N9O9/c1-23(34-10-8-18-52(34)41(54)36(24(2)58-4)50-43(56)60-6)47-31-16-12-26(20-30(31)45)29-15-14-28(38-39(29)62-22-46-38)27-13-17-32-33(21-27)49-40(48-32)35-11-9-19-53(35)42(55)37(25(3)59-5)51-44(57)61-7/h12-17,20-22,24-25,34-37,47H,1,8-11,18-19,45H2,2-7H3,(H,48,49)(H,50,56)(H,51,57)/t24-,25-,34+,35+,36+,37+/m1/s1. The average Bonchev–Trinajstić information content (AvgIpc) is 4.13. The number of nitrogens with zero attached hydrogens (tertiary/aromatic N) is 4. The summed E-state index contributed by atoms with van der Waals surface area (Å²) >= 11 is 0. The number of fused-ring (bicyclic) bond motifs is 2. The van der Waals surface area contributed by atoms with E-state index in [0.717, 1.165) is 46.1 Å². The molecule has 18 heteroatoms. The number of anilines is 2. The van der Waals surface area contributed by atoms with Crippen LogP contribution in [0.1, 0.15) is 51.4 Å². The van der Waals surface area contributed by atoms with E-state index >= 15 is 0 Å². The molecule has 2 aromatic heterocycles. The van der Waals surface area contributed by atoms with Crippen LogP contribution in [0.2, 0.25) is 0 Å². The first-order valence-corrected chi connectivity index (χ1v) is 20.4. The number of ether oxygens (including phenoxy) is 4. The number of nitrogen functional groups attached to an aromatic ring is 1. The first kappa shape index (κ1) is 43.4. The lowest BCUT2D eigenvalue weighted by Gasteiger charge is -2.32. The van der Waals surface area contributed by atoms with E-state index in [1.54, 1.807) is 23.6 Å². The van der Waals surface area contributed by atoms with Crippen LogP contribution in [0.25, 0.3) is 44.4 Å². The Morgan fingerprint density at radius 1 is 0.839 bits per heavy atom. The lowest BCUT2D eigenvalue weighted by atomic mass is 9.97. The number of nitrogens with two attached hydrogens (primary N) is 1. The summed E-state index contributed by atoms with van der Waals surface area (Å²) in [5, 5.41) is 8.56. The third-order valence-corrected chi connectivity index (χ3v) is 11.9. The minimum atomic E-state index is -0.943. The second kappa shape index (κ2) is 18.5. The highest BCUT2D eigenvalue weighted by Crippen LogP contribution is 2.39. The lowest BCUT2D eigenvalue weighted by Crippen LogP contribution is -2.55. The van der Waals surface area contributed by atoms with Crippen molar-refractivity contribution in [2.45, 2.75) is 75.9 Å². The van der Waals surface area contributed by atoms with Crippen LogP contribution in [0.4, 0.5) is 21.0 Å². The fourth-order valence-corrected chi connectivity index (χ4v) is 8.33. The summed E-state index contributed by atoms with van der Waals surface area (Å²) in [6.45, 7) is 8.70. The number of nitrogens with one attached hydrogen (secondary N) is 4. The predicted molar refractivity (Wildman–Crippen MR) is 232 cm³/mol. The molecule has 7 rings (SSSR count). The normalized spacial score (nSPS) is 18.3. The SMILES string of the molecule is C=C(Nc1ccc(-c2ccc(-c3ccc4nc([C@@H]5CCCN5C(=O)[C@@H](NC(=O)OC)[C@@H](C)OC)[nH]c4c3)c3ncoc23)cc1N)[C@@H]1CCCN1C(=O)[C@@H](NC(=O)OC)[C@@H](C)OC. The van der Waals surface area contributed by atoms with Crippen LogP contribution in [0.3, 0.4) is 0 Å². The van der Waals surface area contributed by atoms with Gasteiger partial charge in [-0.1, -0.05) is 24.8 Å². The number of amides is 4. The number of benzene rings is 3. The van der Waals surface area contributed by atoms with Gasteiger partial charge in [-0.25, -0.2) is 19.6 Å². The second-order valence-corrected chi connectivity index (χ2v) is 15.5. The topological polar surface area (TPSA) is 228 Å². The van der Waals surface area contributed by atoms with Gasteiger partial charge in [0.05, 0.1) is 60.9 Å². The summed E-state index contributed by atoms with van der Waals surface area (Å²) in [5.74, 6) is 0.0801. The Morgan fingerprint density at radius 3 is 2.11 bits per heavy atom. The number of imidazole rings is 1. The molecule has 62 heavy (non-hydrogen) atoms. The number of aromatic nitrogens is 3. The van der Waals surface area contributed by atoms with Gasteiger partial charge in [-0.15, -0.1) is 0 Å². The largest absolute Gasteiger partial charge is 0.453 e. The van der Waals surface area contributed by atoms with E-state index in [-0.39, 0.29) is 23.9 Å². The number of carbonyl (C=O) groups excluding carboxylic acids is 4. The molecular formula is C44H53N9O9. The van der Waals surface area contributed by atoms with E-state index in [9.17, 15) is 19.2 Å². The molecule has 2 fully saturated rings. The molecule has 0 radical (unpaired) electrons. The van der Waals surface area contributed by atoms with Crippen LogP contribution in [-0.2, 0) is 28.5 Å². The number of H-pyrrole nitrogens is 1. The molecule has 0 saturated carbocycles. The van der Waals surface area contributed by atoms with Gasteiger partial charge < -0.3 is 59.8 Å². The quantitative estimate of drug-likeness (QED) is 0.0844. The first-order chi connectivity index (χ1) is 29.9. The van der Waals surface area contributed by atoms with E-state index in [0.29, 0.717) is 59.9 Å². The fourth-order valence-electron chi connectivity index (χ4n) is 8.33. The highest BCUT2D eigenvalue weighted by Gasteiger charge is 2.40. The van der Waals surface area contributed by atoms with Crippen molar-refractivity contribution in [3.63, 3.8) is 0 Å². The fraction of sp³-hybridized carbons (Fsp3) is 0.409. The van der Waals surface area contributed by atoms with Crippen LogP contribution in [0, 0.1) is 0 Å². The van der Waals surface area contributed by atoms with Crippen molar-refractivity contribution in [3.8, 4) is 22.3 Å². The Morgan fingerprint density at radius 2 is 1.45 bits per heavy atom. The molecule has 0 spiro atoms. The highest BCUT2D eigenvalue weighted by molar-refractivity contribution is 6.01. The van der Waals surface area contributed by atoms with Crippen molar-refractivity contribution in [3.05, 3.63) is 73.0 Å². The molecule has 3 aromatic carbocycles. The van der Waals surface area contributed by atoms with Crippen molar-refractivity contribution in [2.75, 3.05) is 52.6 Å². The zero-order valence-electron chi connectivity index (χ0n) is 35.7. The number of likely N-dealkylation sites (tertiary alicyclic amines) is 2. The molecule has 0 bridgehead atoms. The Bertz CT molecular complexity index is 2480. The minimum Gasteiger partial charge on any atom is -0.453 e. The van der Waals surface area contributed by atoms with Gasteiger partial charge >= 0.3 is 12.2 Å². The van der Waals surface area contributed by atoms with E-state index in [1.165, 1.54) is 34.8 Å². The highest BCUT2D eigenvalue weighted by atomic mass is 16.5. The Labute approximate surface area is 358 Å². The molecule has 0 aliphatic carbocycles. The maximum atomic E-state index is 13.8. The summed E-state index contributed by atoms with van der Waals surface area (Å²) in [4.78, 5) is 68.0. The van der Waals surface area contributed by atoms with E-state index in [4.69, 9.17) is 34.1 Å². The molecule has 2 aliphatic rings. The summed E-state index contributed by atoms with van der Waals surface area (Å²) in [6.07, 6.45) is 1.72. The molecule has 328 valence electrons. The van der Waals surface area contributed by atoms with Gasteiger partial charge in [0.25, 0.3) is 0 Å². The molecule has 18 nitrogen and oxygen atoms in total. The number of hydrogen-bond donors (Lipinski definition) is 5. The van der Waals surface area contributed by atoms with Crippen LogP contribution in [0.5, 0.6) is 0 Å². The van der Waals surface area contributed by atoms with Gasteiger partial charge in [-0.2, -0.15) is 0 Å². The Kier molecular flexibility index (Phi) is 13.0. The monoisotopic (exact) mass is 851 g/mol. The van der Waals surface area contributed by atoms with Crippen LogP contribution >= 0.6 is 0 Å². The van der Waals surface area contributed by atoms with E-state index < -0.39 is 36.5 Å². The zero-order chi connectivity index (χ0) is 44.2. The number of oxazole rings is 1. The summed E-state index contributed by atoms with van der Waals surface area (Å²) < 4.78 is 26.3. The molecule has 6 atom stereocenters. The summed E-state index contributed by atoms with van der Waals surface area (Å²) in [6, 6.07) is 13.0. The van der Waals surface area contributed by atoms with E-state index in [2.05, 4.69) is 32.5 Å². The maximum Gasteiger partial charge on any atom is 0.407 e. The number of rotatable bonds is 14. The number of alkyl carbamates (subject to hydrolysis) is 2. The summed E-state index contributed by atoms with van der Waals surface area (Å²) in [5.41, 5.74) is 14.4. The van der Waals surface area contributed by atoms with E-state index in [1.807, 2.05) is 48.5 Å². The lowest BCUT2D eigenvalue weighted by molar-refractivity contribution is -0.138. The smallest absolute Gasteiger partial charge is 0.407 e. The predicted octanol–water partition coefficient (Wildman–Crippen LogP) is 5.72. The van der Waals surface area contributed by atoms with Crippen molar-refractivity contribution >= 4 is 57.5 Å². The number of hydrogen-bond acceptors (Lipinski definition) is 13. The molecule has 4 heterocycles. The molecule has 6 N–H and O–H groups in total. The van der Waals surface area contributed by atoms with Crippen molar-refractivity contribution in [1.82, 2.24) is 35.4 Å². The van der Waals surface area contributed by atoms with Gasteiger partial charge in [0.15, 0.2) is 12.0 Å². The van der Waals surface area contributed by atoms with Gasteiger partial charge in [-0.05, 0) is 81.0 Å². The molecule has 5 aromatic rings. The first-order valence-electron chi connectivity index (χ1n) is 20.4. The average molecular weight is 852 g/mol. The van der Waals surface area contributed by atoms with Crippen LogP contribution in [-0.4, -0.2) is 121 Å². The zero-order valence-corrected chi connectivity index (χ0v) is 35.7. The van der Waals surface area contributed by atoms with Crippen molar-refractivity contribution < 1.29 is 42.5 Å². The van der Waals surface area contributed by atoms with Crippen molar-refractivity contribution in [1.29, 1.82) is 0 Å². The van der Waals surface area contributed by atoms with Gasteiger partial charge in [-0.3, -0.25) is 9.59 Å². The number of carbonyl (C=O) groups is 4. The minimum absolute atomic E-state index is 0.275. The third-order valence-electron chi connectivity index (χ3n) is 11.9. The Balaban J connectivity index is 1.08. The van der Waals surface area contributed by atoms with Crippen LogP contribution in [0.15, 0.2) is 71.6 Å². The Hall–Kier alpha value is -6.66. The third kappa shape index (κ3) is 8.60. The molecular weight excluding hydrogens is 799 g/mol. The molecule has 2 aliphatic heterocycles. The van der Waals surface area contributed by atoms with Crippen molar-refractivity contribution in [2.24, 2.45) is 0 Å².